The number of alkyl halides is 3. The predicted molar refractivity (Wildman–Crippen MR) is 98.1 cm³/mol. The molecule has 4 nitrogen and oxygen atoms in total. The molecule has 3 rings (SSSR count). The van der Waals surface area contributed by atoms with Gasteiger partial charge < -0.3 is 10.6 Å². The van der Waals surface area contributed by atoms with E-state index in [1.165, 1.54) is 36.5 Å². The molecule has 138 valence electrons. The zero-order valence-electron chi connectivity index (χ0n) is 14.3. The first-order valence-corrected chi connectivity index (χ1v) is 8.10. The number of aromatic nitrogens is 1. The third-order valence-electron chi connectivity index (χ3n) is 3.80. The molecule has 2 aromatic carbocycles. The van der Waals surface area contributed by atoms with Crippen molar-refractivity contribution in [1.82, 2.24) is 4.98 Å². The first-order chi connectivity index (χ1) is 12.8. The topological polar surface area (TPSA) is 54.0 Å². The van der Waals surface area contributed by atoms with E-state index in [-0.39, 0.29) is 17.4 Å². The number of nitrogens with one attached hydrogen (secondary N) is 2. The number of hydrogen-bond acceptors (Lipinski definition) is 3. The molecule has 0 aliphatic heterocycles. The summed E-state index contributed by atoms with van der Waals surface area (Å²) in [6.07, 6.45) is -3.17. The van der Waals surface area contributed by atoms with Crippen molar-refractivity contribution < 1.29 is 18.0 Å². The van der Waals surface area contributed by atoms with E-state index in [2.05, 4.69) is 15.6 Å². The van der Waals surface area contributed by atoms with Gasteiger partial charge in [0.1, 0.15) is 5.82 Å². The fourth-order valence-electron chi connectivity index (χ4n) is 2.51. The van der Waals surface area contributed by atoms with E-state index in [1.807, 2.05) is 25.1 Å². The standard InChI is InChI=1S/C20H16F3N3O/c1-13-5-4-6-15(11-13)25-19(27)14-9-10-18(24-12-14)26-17-8-3-2-7-16(17)20(21,22)23/h2-12H,1H3,(H,24,26)(H,25,27). The van der Waals surface area contributed by atoms with Crippen LogP contribution in [0.5, 0.6) is 0 Å². The van der Waals surface area contributed by atoms with Crippen LogP contribution in [0.25, 0.3) is 0 Å². The van der Waals surface area contributed by atoms with Gasteiger partial charge in [0.15, 0.2) is 0 Å². The molecule has 0 saturated carbocycles. The van der Waals surface area contributed by atoms with Crippen molar-refractivity contribution in [1.29, 1.82) is 0 Å². The Labute approximate surface area is 154 Å². The molecule has 0 spiro atoms. The number of hydrogen-bond donors (Lipinski definition) is 2. The minimum absolute atomic E-state index is 0.102. The minimum atomic E-state index is -4.47. The highest BCUT2D eigenvalue weighted by Crippen LogP contribution is 2.35. The zero-order valence-corrected chi connectivity index (χ0v) is 14.3. The number of halogens is 3. The molecule has 1 heterocycles. The Kier molecular flexibility index (Phi) is 5.12. The fourth-order valence-corrected chi connectivity index (χ4v) is 2.51. The van der Waals surface area contributed by atoms with Gasteiger partial charge in [0.2, 0.25) is 0 Å². The monoisotopic (exact) mass is 371 g/mol. The zero-order chi connectivity index (χ0) is 19.4. The second kappa shape index (κ2) is 7.49. The Morgan fingerprint density at radius 3 is 2.44 bits per heavy atom. The van der Waals surface area contributed by atoms with Crippen LogP contribution in [-0.2, 0) is 6.18 Å². The largest absolute Gasteiger partial charge is 0.418 e. The van der Waals surface area contributed by atoms with Crippen molar-refractivity contribution in [2.24, 2.45) is 0 Å². The van der Waals surface area contributed by atoms with Gasteiger partial charge in [-0.05, 0) is 48.9 Å². The molecule has 27 heavy (non-hydrogen) atoms. The quantitative estimate of drug-likeness (QED) is 0.645. The summed E-state index contributed by atoms with van der Waals surface area (Å²) in [5, 5.41) is 5.39. The van der Waals surface area contributed by atoms with Gasteiger partial charge in [-0.2, -0.15) is 13.2 Å². The van der Waals surface area contributed by atoms with Crippen LogP contribution in [0.2, 0.25) is 0 Å². The summed E-state index contributed by atoms with van der Waals surface area (Å²) in [4.78, 5) is 16.3. The summed E-state index contributed by atoms with van der Waals surface area (Å²) in [6.45, 7) is 1.91. The number of aryl methyl sites for hydroxylation is 1. The van der Waals surface area contributed by atoms with Crippen molar-refractivity contribution in [2.75, 3.05) is 10.6 Å². The summed E-state index contributed by atoms with van der Waals surface area (Å²) in [7, 11) is 0. The maximum atomic E-state index is 13.0. The van der Waals surface area contributed by atoms with Crippen molar-refractivity contribution in [3.05, 3.63) is 83.6 Å². The molecule has 2 N–H and O–H groups in total. The number of rotatable bonds is 4. The molecule has 0 bridgehead atoms. The van der Waals surface area contributed by atoms with E-state index in [1.54, 1.807) is 6.07 Å². The number of nitrogens with zero attached hydrogens (tertiary/aromatic N) is 1. The maximum Gasteiger partial charge on any atom is 0.418 e. The summed E-state index contributed by atoms with van der Waals surface area (Å²) in [6, 6.07) is 15.4. The highest BCUT2D eigenvalue weighted by Gasteiger charge is 2.33. The molecule has 3 aromatic rings. The van der Waals surface area contributed by atoms with Crippen molar-refractivity contribution in [3.8, 4) is 0 Å². The SMILES string of the molecule is Cc1cccc(NC(=O)c2ccc(Nc3ccccc3C(F)(F)F)nc2)c1. The fraction of sp³-hybridized carbons (Fsp3) is 0.100. The minimum Gasteiger partial charge on any atom is -0.340 e. The van der Waals surface area contributed by atoms with Crippen LogP contribution >= 0.6 is 0 Å². The van der Waals surface area contributed by atoms with Gasteiger partial charge in [-0.25, -0.2) is 4.98 Å². The molecule has 1 aromatic heterocycles. The second-order valence-electron chi connectivity index (χ2n) is 5.92. The summed E-state index contributed by atoms with van der Waals surface area (Å²) in [5.41, 5.74) is 1.07. The van der Waals surface area contributed by atoms with Crippen LogP contribution in [0.1, 0.15) is 21.5 Å². The van der Waals surface area contributed by atoms with Gasteiger partial charge in [-0.1, -0.05) is 24.3 Å². The van der Waals surface area contributed by atoms with Gasteiger partial charge >= 0.3 is 6.18 Å². The van der Waals surface area contributed by atoms with Gasteiger partial charge in [-0.15, -0.1) is 0 Å². The van der Waals surface area contributed by atoms with E-state index < -0.39 is 11.7 Å². The lowest BCUT2D eigenvalue weighted by molar-refractivity contribution is -0.136. The van der Waals surface area contributed by atoms with Gasteiger partial charge in [0.25, 0.3) is 5.91 Å². The number of para-hydroxylation sites is 1. The van der Waals surface area contributed by atoms with Crippen molar-refractivity contribution >= 4 is 23.1 Å². The first kappa shape index (κ1) is 18.4. The summed E-state index contributed by atoms with van der Waals surface area (Å²) < 4.78 is 39.1. The molecule has 0 aliphatic rings. The van der Waals surface area contributed by atoms with E-state index in [0.717, 1.165) is 11.6 Å². The number of benzene rings is 2. The summed E-state index contributed by atoms with van der Waals surface area (Å²) >= 11 is 0. The first-order valence-electron chi connectivity index (χ1n) is 8.10. The molecule has 0 unspecified atom stereocenters. The molecule has 0 saturated heterocycles. The van der Waals surface area contributed by atoms with Gasteiger partial charge in [0, 0.05) is 11.9 Å². The molecule has 1 amide bonds. The highest BCUT2D eigenvalue weighted by molar-refractivity contribution is 6.04. The number of pyridine rings is 1. The van der Waals surface area contributed by atoms with Crippen LogP contribution in [-0.4, -0.2) is 10.9 Å². The normalized spacial score (nSPS) is 11.1. The molecule has 0 radical (unpaired) electrons. The van der Waals surface area contributed by atoms with Crippen LogP contribution in [0.4, 0.5) is 30.4 Å². The van der Waals surface area contributed by atoms with Gasteiger partial charge in [-0.3, -0.25) is 4.79 Å². The molecule has 0 aliphatic carbocycles. The molecular weight excluding hydrogens is 355 g/mol. The lowest BCUT2D eigenvalue weighted by Crippen LogP contribution is -2.12. The smallest absolute Gasteiger partial charge is 0.340 e. The second-order valence-corrected chi connectivity index (χ2v) is 5.92. The van der Waals surface area contributed by atoms with Crippen LogP contribution < -0.4 is 10.6 Å². The third kappa shape index (κ3) is 4.63. The van der Waals surface area contributed by atoms with E-state index in [9.17, 15) is 18.0 Å². The molecule has 7 heteroatoms. The Hall–Kier alpha value is -3.35. The van der Waals surface area contributed by atoms with Crippen LogP contribution in [0.3, 0.4) is 0 Å². The highest BCUT2D eigenvalue weighted by atomic mass is 19.4. The lowest BCUT2D eigenvalue weighted by atomic mass is 10.1. The average molecular weight is 371 g/mol. The summed E-state index contributed by atoms with van der Waals surface area (Å²) in [5.74, 6) is -0.144. The Bertz CT molecular complexity index is 953. The number of carbonyl (C=O) groups excluding carboxylic acids is 1. The van der Waals surface area contributed by atoms with Crippen LogP contribution in [0.15, 0.2) is 66.9 Å². The Morgan fingerprint density at radius 2 is 1.78 bits per heavy atom. The lowest BCUT2D eigenvalue weighted by Gasteiger charge is -2.14. The van der Waals surface area contributed by atoms with Crippen molar-refractivity contribution in [2.45, 2.75) is 13.1 Å². The molecule has 0 atom stereocenters. The van der Waals surface area contributed by atoms with E-state index in [0.29, 0.717) is 11.3 Å². The number of anilines is 3. The average Bonchev–Trinajstić information content (AvgIpc) is 2.62. The number of amides is 1. The number of carbonyl (C=O) groups is 1. The van der Waals surface area contributed by atoms with Crippen molar-refractivity contribution in [3.63, 3.8) is 0 Å². The predicted octanol–water partition coefficient (Wildman–Crippen LogP) is 5.40. The molecule has 0 fully saturated rings. The van der Waals surface area contributed by atoms with E-state index in [4.69, 9.17) is 0 Å². The Balaban J connectivity index is 1.74. The molecular formula is C20H16F3N3O. The third-order valence-corrected chi connectivity index (χ3v) is 3.80. The van der Waals surface area contributed by atoms with Gasteiger partial charge in [0.05, 0.1) is 16.8 Å². The Morgan fingerprint density at radius 1 is 1.00 bits per heavy atom. The van der Waals surface area contributed by atoms with Crippen LogP contribution in [0, 0.1) is 6.92 Å². The maximum absolute atomic E-state index is 13.0. The van der Waals surface area contributed by atoms with E-state index >= 15 is 0 Å².